The summed E-state index contributed by atoms with van der Waals surface area (Å²) >= 11 is 0. The Hall–Kier alpha value is -0.0400. The van der Waals surface area contributed by atoms with Gasteiger partial charge in [-0.25, -0.2) is 0 Å². The zero-order chi connectivity index (χ0) is 38.8. The molecule has 0 aromatic carbocycles. The zero-order valence-electron chi connectivity index (χ0n) is 38.5. The summed E-state index contributed by atoms with van der Waals surface area (Å²) < 4.78 is 6.84. The van der Waals surface area contributed by atoms with Crippen molar-refractivity contribution in [3.05, 3.63) is 0 Å². The Bertz CT molecular complexity index is 778. The van der Waals surface area contributed by atoms with Crippen molar-refractivity contribution >= 4 is 0 Å². The van der Waals surface area contributed by atoms with E-state index in [1.807, 2.05) is 0 Å². The molecule has 2 unspecified atom stereocenters. The maximum absolute atomic E-state index is 6.84. The van der Waals surface area contributed by atoms with E-state index < -0.39 is 0 Å². The lowest BCUT2D eigenvalue weighted by molar-refractivity contribution is 0.0367. The summed E-state index contributed by atoms with van der Waals surface area (Å²) in [6, 6.07) is 0. The molecule has 4 fully saturated rings. The lowest BCUT2D eigenvalue weighted by Crippen LogP contribution is -2.32. The summed E-state index contributed by atoms with van der Waals surface area (Å²) in [4.78, 5) is 0. The van der Waals surface area contributed by atoms with Crippen LogP contribution < -0.4 is 0 Å². The molecule has 4 aliphatic rings. The molecule has 0 heterocycles. The lowest BCUT2D eigenvalue weighted by Gasteiger charge is -2.41. The summed E-state index contributed by atoms with van der Waals surface area (Å²) in [5, 5.41) is 0. The first-order valence-electron chi connectivity index (χ1n) is 26.7. The Morgan fingerprint density at radius 1 is 0.309 bits per heavy atom. The van der Waals surface area contributed by atoms with Crippen LogP contribution in [0.3, 0.4) is 0 Å². The zero-order valence-corrected chi connectivity index (χ0v) is 38.5. The van der Waals surface area contributed by atoms with Crippen molar-refractivity contribution in [2.24, 2.45) is 59.2 Å². The van der Waals surface area contributed by atoms with Gasteiger partial charge >= 0.3 is 0 Å². The van der Waals surface area contributed by atoms with Gasteiger partial charge < -0.3 is 4.74 Å². The topological polar surface area (TPSA) is 9.23 Å². The third-order valence-electron chi connectivity index (χ3n) is 17.0. The molecule has 0 aromatic rings. The Morgan fingerprint density at radius 3 is 0.818 bits per heavy atom. The number of ether oxygens (including phenoxy) is 1. The van der Waals surface area contributed by atoms with Crippen molar-refractivity contribution < 1.29 is 4.74 Å². The third kappa shape index (κ3) is 18.8. The smallest absolute Gasteiger partial charge is 0.0468 e. The Labute approximate surface area is 347 Å². The van der Waals surface area contributed by atoms with Crippen LogP contribution in [0.4, 0.5) is 0 Å². The van der Waals surface area contributed by atoms with E-state index in [0.29, 0.717) is 0 Å². The van der Waals surface area contributed by atoms with Gasteiger partial charge in [0.1, 0.15) is 0 Å². The van der Waals surface area contributed by atoms with Gasteiger partial charge in [-0.05, 0) is 123 Å². The second-order valence-electron chi connectivity index (χ2n) is 21.0. The molecule has 0 radical (unpaired) electrons. The molecule has 0 bridgehead atoms. The van der Waals surface area contributed by atoms with Crippen LogP contribution in [-0.2, 0) is 4.74 Å². The summed E-state index contributed by atoms with van der Waals surface area (Å²) in [5.74, 6) is 9.98. The van der Waals surface area contributed by atoms with Gasteiger partial charge in [-0.2, -0.15) is 0 Å². The molecule has 1 heteroatoms. The normalized spacial score (nSPS) is 30.3. The molecule has 4 rings (SSSR count). The van der Waals surface area contributed by atoms with Gasteiger partial charge in [-0.3, -0.25) is 0 Å². The van der Waals surface area contributed by atoms with Gasteiger partial charge in [-0.1, -0.05) is 207 Å². The summed E-state index contributed by atoms with van der Waals surface area (Å²) in [6.07, 6.45) is 56.5. The molecule has 0 saturated heterocycles. The molecular formula is C54H102O. The van der Waals surface area contributed by atoms with Crippen molar-refractivity contribution in [3.63, 3.8) is 0 Å². The number of hydrogen-bond acceptors (Lipinski definition) is 1. The van der Waals surface area contributed by atoms with Crippen LogP contribution in [0, 0.1) is 59.2 Å². The van der Waals surface area contributed by atoms with Crippen molar-refractivity contribution in [3.8, 4) is 0 Å². The van der Waals surface area contributed by atoms with E-state index in [2.05, 4.69) is 27.7 Å². The van der Waals surface area contributed by atoms with Gasteiger partial charge in [-0.15, -0.1) is 0 Å². The Kier molecular flexibility index (Phi) is 26.0. The van der Waals surface area contributed by atoms with E-state index in [0.717, 1.165) is 72.4 Å². The highest BCUT2D eigenvalue weighted by Gasteiger charge is 2.36. The predicted molar refractivity (Wildman–Crippen MR) is 244 cm³/mol. The minimum Gasteiger partial charge on any atom is -0.381 e. The number of rotatable bonds is 30. The van der Waals surface area contributed by atoms with E-state index in [4.69, 9.17) is 4.74 Å². The summed E-state index contributed by atoms with van der Waals surface area (Å²) in [7, 11) is 0. The number of unbranched alkanes of at least 4 members (excludes halogenated alkanes) is 12. The fourth-order valence-electron chi connectivity index (χ4n) is 13.3. The summed E-state index contributed by atoms with van der Waals surface area (Å²) in [6.45, 7) is 11.5. The molecule has 0 aromatic heterocycles. The van der Waals surface area contributed by atoms with Gasteiger partial charge in [0.25, 0.3) is 0 Å². The van der Waals surface area contributed by atoms with Crippen LogP contribution in [0.25, 0.3) is 0 Å². The molecule has 55 heavy (non-hydrogen) atoms. The minimum atomic E-state index is 0.943. The predicted octanol–water partition coefficient (Wildman–Crippen LogP) is 18.1. The van der Waals surface area contributed by atoms with E-state index >= 15 is 0 Å². The first-order chi connectivity index (χ1) is 27.1. The van der Waals surface area contributed by atoms with Crippen LogP contribution in [0.1, 0.15) is 272 Å². The van der Waals surface area contributed by atoms with Crippen molar-refractivity contribution in [2.75, 3.05) is 13.2 Å². The second-order valence-corrected chi connectivity index (χ2v) is 21.0. The first kappa shape index (κ1) is 47.6. The molecule has 0 spiro atoms. The average Bonchev–Trinajstić information content (AvgIpc) is 3.22. The van der Waals surface area contributed by atoms with Crippen LogP contribution in [0.5, 0.6) is 0 Å². The highest BCUT2D eigenvalue weighted by atomic mass is 16.5. The lowest BCUT2D eigenvalue weighted by atomic mass is 9.65. The molecule has 0 amide bonds. The van der Waals surface area contributed by atoms with Crippen LogP contribution in [0.2, 0.25) is 0 Å². The third-order valence-corrected chi connectivity index (χ3v) is 17.0. The van der Waals surface area contributed by atoms with Crippen molar-refractivity contribution in [1.29, 1.82) is 0 Å². The average molecular weight is 767 g/mol. The van der Waals surface area contributed by atoms with Gasteiger partial charge in [0.05, 0.1) is 0 Å². The monoisotopic (exact) mass is 767 g/mol. The first-order valence-corrected chi connectivity index (χ1v) is 26.7. The quantitative estimate of drug-likeness (QED) is 0.0662. The van der Waals surface area contributed by atoms with Crippen LogP contribution in [0.15, 0.2) is 0 Å². The SMILES string of the molecule is CCCCCCC[C@H]1CC[C@H](C(CCOCCC([C@H]2CC[C@H](CCCCC)CC2)[C@H]2CC[C@H](CCCCCCC)CC2)[C@H]2CC[C@H](CCCCC)CC2)CC1. The number of hydrogen-bond donors (Lipinski definition) is 0. The van der Waals surface area contributed by atoms with E-state index in [1.165, 1.54) is 244 Å². The maximum Gasteiger partial charge on any atom is 0.0468 e. The molecule has 1 nitrogen and oxygen atoms in total. The van der Waals surface area contributed by atoms with Gasteiger partial charge in [0.2, 0.25) is 0 Å². The van der Waals surface area contributed by atoms with Crippen LogP contribution >= 0.6 is 0 Å². The fourth-order valence-corrected chi connectivity index (χ4v) is 13.3. The van der Waals surface area contributed by atoms with Crippen molar-refractivity contribution in [2.45, 2.75) is 272 Å². The van der Waals surface area contributed by atoms with Gasteiger partial charge in [0.15, 0.2) is 0 Å². The molecule has 0 N–H and O–H groups in total. The molecule has 4 aliphatic carbocycles. The summed E-state index contributed by atoms with van der Waals surface area (Å²) in [5.41, 5.74) is 0. The highest BCUT2D eigenvalue weighted by molar-refractivity contribution is 4.87. The van der Waals surface area contributed by atoms with E-state index in [9.17, 15) is 0 Å². The van der Waals surface area contributed by atoms with E-state index in [1.54, 1.807) is 0 Å². The van der Waals surface area contributed by atoms with Crippen molar-refractivity contribution in [1.82, 2.24) is 0 Å². The molecular weight excluding hydrogens is 665 g/mol. The standard InChI is InChI=1S/C54H102O/c1-5-9-13-15-19-23-47-29-37-51(38-30-47)53(49-33-25-45(26-34-49)21-17-11-7-3)41-43-55-44-42-54(50-35-27-46(28-36-50)22-18-12-8-4)52-39-31-48(32-40-52)24-20-16-14-10-6-2/h45-54H,5-44H2,1-4H3/t45-,46-,47-,48-,49-,50-,51-,52-,53?,54?. The fraction of sp³-hybridized carbons (Fsp3) is 1.00. The molecule has 324 valence electrons. The Balaban J connectivity index is 1.26. The van der Waals surface area contributed by atoms with Crippen LogP contribution in [-0.4, -0.2) is 13.2 Å². The maximum atomic E-state index is 6.84. The second kappa shape index (κ2) is 30.1. The highest BCUT2D eigenvalue weighted by Crippen LogP contribution is 2.47. The molecule has 2 atom stereocenters. The van der Waals surface area contributed by atoms with Gasteiger partial charge in [0, 0.05) is 13.2 Å². The van der Waals surface area contributed by atoms with E-state index in [-0.39, 0.29) is 0 Å². The Morgan fingerprint density at radius 2 is 0.545 bits per heavy atom. The largest absolute Gasteiger partial charge is 0.381 e. The molecule has 0 aliphatic heterocycles. The molecule has 4 saturated carbocycles. The minimum absolute atomic E-state index is 0.943.